The summed E-state index contributed by atoms with van der Waals surface area (Å²) in [5, 5.41) is 5.62. The number of fused-ring (bicyclic) bond motifs is 1. The summed E-state index contributed by atoms with van der Waals surface area (Å²) in [6.07, 6.45) is 0.810. The molecule has 0 aliphatic heterocycles. The normalized spacial score (nSPS) is 10.6. The highest BCUT2D eigenvalue weighted by Gasteiger charge is 2.05. The van der Waals surface area contributed by atoms with Crippen molar-refractivity contribution in [3.8, 4) is 5.75 Å². The van der Waals surface area contributed by atoms with Crippen LogP contribution >= 0.6 is 11.3 Å². The maximum Gasteiger partial charge on any atom is 0.336 e. The molecule has 2 heterocycles. The Kier molecular flexibility index (Phi) is 4.73. The van der Waals surface area contributed by atoms with Crippen molar-refractivity contribution in [3.05, 3.63) is 63.1 Å². The molecule has 0 saturated carbocycles. The van der Waals surface area contributed by atoms with Crippen molar-refractivity contribution in [2.75, 3.05) is 13.2 Å². The third kappa shape index (κ3) is 4.20. The zero-order valence-electron chi connectivity index (χ0n) is 12.3. The van der Waals surface area contributed by atoms with E-state index in [1.54, 1.807) is 35.6 Å². The van der Waals surface area contributed by atoms with Crippen LogP contribution in [0.15, 0.2) is 57.1 Å². The summed E-state index contributed by atoms with van der Waals surface area (Å²) in [6, 6.07) is 12.2. The second-order valence-electron chi connectivity index (χ2n) is 4.92. The maximum atomic E-state index is 11.8. The molecule has 1 amide bonds. The van der Waals surface area contributed by atoms with Gasteiger partial charge in [-0.2, -0.15) is 0 Å². The Balaban J connectivity index is 1.51. The van der Waals surface area contributed by atoms with Gasteiger partial charge >= 0.3 is 5.63 Å². The Morgan fingerprint density at radius 1 is 1.22 bits per heavy atom. The number of hydrogen-bond acceptors (Lipinski definition) is 5. The van der Waals surface area contributed by atoms with Crippen molar-refractivity contribution < 1.29 is 13.9 Å². The lowest BCUT2D eigenvalue weighted by Gasteiger charge is -2.07. The van der Waals surface area contributed by atoms with Crippen molar-refractivity contribution in [3.63, 3.8) is 0 Å². The lowest BCUT2D eigenvalue weighted by molar-refractivity contribution is -0.123. The Morgan fingerprint density at radius 2 is 2.09 bits per heavy atom. The van der Waals surface area contributed by atoms with E-state index in [9.17, 15) is 9.59 Å². The first-order valence-corrected chi connectivity index (χ1v) is 8.04. The van der Waals surface area contributed by atoms with Crippen LogP contribution in [0.4, 0.5) is 0 Å². The molecule has 1 aromatic carbocycles. The van der Waals surface area contributed by atoms with Crippen LogP contribution in [-0.2, 0) is 11.2 Å². The molecule has 0 saturated heterocycles. The van der Waals surface area contributed by atoms with Crippen molar-refractivity contribution >= 4 is 28.2 Å². The number of hydrogen-bond donors (Lipinski definition) is 1. The van der Waals surface area contributed by atoms with Crippen molar-refractivity contribution in [1.82, 2.24) is 5.32 Å². The summed E-state index contributed by atoms with van der Waals surface area (Å²) < 4.78 is 10.5. The second-order valence-corrected chi connectivity index (χ2v) is 5.95. The van der Waals surface area contributed by atoms with Crippen LogP contribution in [0.2, 0.25) is 0 Å². The highest BCUT2D eigenvalue weighted by molar-refractivity contribution is 7.09. The Labute approximate surface area is 136 Å². The fraction of sp³-hybridized carbons (Fsp3) is 0.176. The number of rotatable bonds is 6. The summed E-state index contributed by atoms with van der Waals surface area (Å²) in [5.41, 5.74) is 0.0223. The van der Waals surface area contributed by atoms with E-state index in [0.717, 1.165) is 11.8 Å². The molecule has 0 bridgehead atoms. The van der Waals surface area contributed by atoms with E-state index in [1.807, 2.05) is 17.5 Å². The first kappa shape index (κ1) is 15.3. The predicted octanol–water partition coefficient (Wildman–Crippen LogP) is 2.59. The zero-order chi connectivity index (χ0) is 16.1. The minimum Gasteiger partial charge on any atom is -0.484 e. The smallest absolute Gasteiger partial charge is 0.336 e. The first-order valence-electron chi connectivity index (χ1n) is 7.16. The molecular formula is C17H15NO4S. The third-order valence-electron chi connectivity index (χ3n) is 3.24. The monoisotopic (exact) mass is 329 g/mol. The van der Waals surface area contributed by atoms with Crippen LogP contribution in [-0.4, -0.2) is 19.1 Å². The molecule has 0 atom stereocenters. The van der Waals surface area contributed by atoms with Gasteiger partial charge in [0.15, 0.2) is 6.61 Å². The van der Waals surface area contributed by atoms with E-state index < -0.39 is 5.63 Å². The Hall–Kier alpha value is -2.60. The van der Waals surface area contributed by atoms with Gasteiger partial charge in [-0.15, -0.1) is 11.3 Å². The SMILES string of the molecule is O=C(COc1ccc2ccc(=O)oc2c1)NCCc1cccs1. The molecule has 3 rings (SSSR count). The molecule has 0 aliphatic carbocycles. The summed E-state index contributed by atoms with van der Waals surface area (Å²) >= 11 is 1.67. The minimum absolute atomic E-state index is 0.0764. The molecule has 118 valence electrons. The Bertz CT molecular complexity index is 854. The molecule has 0 aliphatic rings. The second kappa shape index (κ2) is 7.11. The molecule has 23 heavy (non-hydrogen) atoms. The van der Waals surface area contributed by atoms with Crippen molar-refractivity contribution in [2.45, 2.75) is 6.42 Å². The van der Waals surface area contributed by atoms with Crippen LogP contribution in [0.25, 0.3) is 11.0 Å². The standard InChI is InChI=1S/C17H15NO4S/c19-16(18-8-7-14-2-1-9-23-14)11-21-13-5-3-12-4-6-17(20)22-15(12)10-13/h1-6,9-10H,7-8,11H2,(H,18,19). The quantitative estimate of drug-likeness (QED) is 0.706. The van der Waals surface area contributed by atoms with Crippen LogP contribution in [0.1, 0.15) is 4.88 Å². The molecule has 0 fully saturated rings. The molecule has 6 heteroatoms. The van der Waals surface area contributed by atoms with Crippen molar-refractivity contribution in [2.24, 2.45) is 0 Å². The van der Waals surface area contributed by atoms with Gasteiger partial charge in [0, 0.05) is 28.9 Å². The fourth-order valence-electron chi connectivity index (χ4n) is 2.11. The van der Waals surface area contributed by atoms with Gasteiger partial charge in [-0.25, -0.2) is 4.79 Å². The van der Waals surface area contributed by atoms with Gasteiger partial charge in [0.25, 0.3) is 5.91 Å². The lowest BCUT2D eigenvalue weighted by atomic mass is 10.2. The Morgan fingerprint density at radius 3 is 2.91 bits per heavy atom. The minimum atomic E-state index is -0.416. The van der Waals surface area contributed by atoms with Crippen LogP contribution in [0.5, 0.6) is 5.75 Å². The topological polar surface area (TPSA) is 68.5 Å². The predicted molar refractivity (Wildman–Crippen MR) is 89.0 cm³/mol. The molecule has 0 unspecified atom stereocenters. The van der Waals surface area contributed by atoms with Gasteiger partial charge in [0.1, 0.15) is 11.3 Å². The number of ether oxygens (including phenoxy) is 1. The van der Waals surface area contributed by atoms with E-state index >= 15 is 0 Å². The number of amides is 1. The highest BCUT2D eigenvalue weighted by Crippen LogP contribution is 2.19. The van der Waals surface area contributed by atoms with Gasteiger partial charge in [0.05, 0.1) is 0 Å². The third-order valence-corrected chi connectivity index (χ3v) is 4.17. The average Bonchev–Trinajstić information content (AvgIpc) is 3.06. The van der Waals surface area contributed by atoms with Crippen LogP contribution < -0.4 is 15.7 Å². The summed E-state index contributed by atoms with van der Waals surface area (Å²) in [6.45, 7) is 0.502. The number of carbonyl (C=O) groups is 1. The van der Waals surface area contributed by atoms with E-state index in [1.165, 1.54) is 10.9 Å². The molecule has 0 spiro atoms. The van der Waals surface area contributed by atoms with E-state index in [-0.39, 0.29) is 12.5 Å². The largest absolute Gasteiger partial charge is 0.484 e. The highest BCUT2D eigenvalue weighted by atomic mass is 32.1. The number of thiophene rings is 1. The summed E-state index contributed by atoms with van der Waals surface area (Å²) in [4.78, 5) is 24.2. The molecule has 2 aromatic heterocycles. The van der Waals surface area contributed by atoms with E-state index in [4.69, 9.17) is 9.15 Å². The maximum absolute atomic E-state index is 11.8. The number of benzene rings is 1. The molecular weight excluding hydrogens is 314 g/mol. The molecule has 3 aromatic rings. The molecule has 0 radical (unpaired) electrons. The van der Waals surface area contributed by atoms with E-state index in [0.29, 0.717) is 17.9 Å². The van der Waals surface area contributed by atoms with Crippen LogP contribution in [0, 0.1) is 0 Å². The lowest BCUT2D eigenvalue weighted by Crippen LogP contribution is -2.30. The van der Waals surface area contributed by atoms with Gasteiger partial charge in [-0.05, 0) is 36.1 Å². The fourth-order valence-corrected chi connectivity index (χ4v) is 2.82. The van der Waals surface area contributed by atoms with Crippen molar-refractivity contribution in [1.29, 1.82) is 0 Å². The number of nitrogens with one attached hydrogen (secondary N) is 1. The molecule has 1 N–H and O–H groups in total. The van der Waals surface area contributed by atoms with Gasteiger partial charge in [-0.3, -0.25) is 4.79 Å². The molecule has 5 nitrogen and oxygen atoms in total. The summed E-state index contributed by atoms with van der Waals surface area (Å²) in [5.74, 6) is 0.302. The zero-order valence-corrected chi connectivity index (χ0v) is 13.1. The van der Waals surface area contributed by atoms with E-state index in [2.05, 4.69) is 5.32 Å². The van der Waals surface area contributed by atoms with Gasteiger partial charge in [0.2, 0.25) is 0 Å². The van der Waals surface area contributed by atoms with Gasteiger partial charge < -0.3 is 14.5 Å². The average molecular weight is 329 g/mol. The van der Waals surface area contributed by atoms with Crippen LogP contribution in [0.3, 0.4) is 0 Å². The van der Waals surface area contributed by atoms with Gasteiger partial charge in [-0.1, -0.05) is 6.07 Å². The first-order chi connectivity index (χ1) is 11.2. The number of carbonyl (C=O) groups excluding carboxylic acids is 1. The summed E-state index contributed by atoms with van der Waals surface area (Å²) in [7, 11) is 0.